The van der Waals surface area contributed by atoms with Crippen LogP contribution in [0.2, 0.25) is 0 Å². The number of hydrogen-bond acceptors (Lipinski definition) is 3. The van der Waals surface area contributed by atoms with Crippen LogP contribution in [-0.2, 0) is 4.79 Å². The van der Waals surface area contributed by atoms with Gasteiger partial charge in [0.05, 0.1) is 6.54 Å². The summed E-state index contributed by atoms with van der Waals surface area (Å²) in [5, 5.41) is 7.68. The van der Waals surface area contributed by atoms with Gasteiger partial charge in [-0.05, 0) is 50.1 Å². The zero-order valence-electron chi connectivity index (χ0n) is 14.8. The Hall–Kier alpha value is -2.80. The summed E-state index contributed by atoms with van der Waals surface area (Å²) < 4.78 is 26.2. The molecular formula is C19H21F2N3O2. The lowest BCUT2D eigenvalue weighted by Crippen LogP contribution is -2.40. The number of imide groups is 1. The van der Waals surface area contributed by atoms with E-state index in [1.54, 1.807) is 13.0 Å². The number of urea groups is 1. The van der Waals surface area contributed by atoms with Gasteiger partial charge in [0.1, 0.15) is 0 Å². The third kappa shape index (κ3) is 5.35. The molecule has 0 aromatic heterocycles. The van der Waals surface area contributed by atoms with Crippen molar-refractivity contribution in [2.45, 2.75) is 26.8 Å². The van der Waals surface area contributed by atoms with E-state index in [1.807, 2.05) is 26.0 Å². The van der Waals surface area contributed by atoms with Crippen LogP contribution in [0.3, 0.4) is 0 Å². The van der Waals surface area contributed by atoms with Gasteiger partial charge in [-0.15, -0.1) is 0 Å². The SMILES string of the molecule is Cc1ccc(NC(=O)NC(=O)CN[C@@H](C)c2ccc(F)c(F)c2)c(C)c1. The summed E-state index contributed by atoms with van der Waals surface area (Å²) in [5.74, 6) is -2.42. The summed E-state index contributed by atoms with van der Waals surface area (Å²) in [6, 6.07) is 8.04. The Morgan fingerprint density at radius 2 is 1.77 bits per heavy atom. The molecule has 0 saturated heterocycles. The monoisotopic (exact) mass is 361 g/mol. The summed E-state index contributed by atoms with van der Waals surface area (Å²) in [7, 11) is 0. The van der Waals surface area contributed by atoms with Gasteiger partial charge in [-0.2, -0.15) is 0 Å². The van der Waals surface area contributed by atoms with E-state index in [2.05, 4.69) is 16.0 Å². The molecule has 0 aliphatic carbocycles. The smallest absolute Gasteiger partial charge is 0.307 e. The number of aryl methyl sites for hydroxylation is 2. The fraction of sp³-hybridized carbons (Fsp3) is 0.263. The van der Waals surface area contributed by atoms with Crippen molar-refractivity contribution >= 4 is 17.6 Å². The van der Waals surface area contributed by atoms with E-state index >= 15 is 0 Å². The second kappa shape index (κ2) is 8.53. The van der Waals surface area contributed by atoms with Gasteiger partial charge in [0.2, 0.25) is 5.91 Å². The zero-order chi connectivity index (χ0) is 19.3. The zero-order valence-corrected chi connectivity index (χ0v) is 14.8. The van der Waals surface area contributed by atoms with Crippen LogP contribution in [0.15, 0.2) is 36.4 Å². The number of halogens is 2. The highest BCUT2D eigenvalue weighted by Crippen LogP contribution is 2.16. The van der Waals surface area contributed by atoms with Crippen molar-refractivity contribution in [1.29, 1.82) is 0 Å². The van der Waals surface area contributed by atoms with Crippen LogP contribution >= 0.6 is 0 Å². The van der Waals surface area contributed by atoms with Crippen LogP contribution in [0, 0.1) is 25.5 Å². The molecule has 0 fully saturated rings. The van der Waals surface area contributed by atoms with Crippen molar-refractivity contribution in [3.05, 3.63) is 64.7 Å². The minimum absolute atomic E-state index is 0.152. The maximum Gasteiger partial charge on any atom is 0.325 e. The van der Waals surface area contributed by atoms with Gasteiger partial charge in [-0.1, -0.05) is 23.8 Å². The van der Waals surface area contributed by atoms with Gasteiger partial charge in [-0.25, -0.2) is 13.6 Å². The number of anilines is 1. The van der Waals surface area contributed by atoms with E-state index in [4.69, 9.17) is 0 Å². The van der Waals surface area contributed by atoms with E-state index in [1.165, 1.54) is 6.07 Å². The minimum atomic E-state index is -0.951. The topological polar surface area (TPSA) is 70.2 Å². The second-order valence-electron chi connectivity index (χ2n) is 6.10. The summed E-state index contributed by atoms with van der Waals surface area (Å²) in [5.41, 5.74) is 3.07. The van der Waals surface area contributed by atoms with Crippen molar-refractivity contribution in [3.63, 3.8) is 0 Å². The number of nitrogens with one attached hydrogen (secondary N) is 3. The van der Waals surface area contributed by atoms with Gasteiger partial charge in [0.15, 0.2) is 11.6 Å². The quantitative estimate of drug-likeness (QED) is 0.762. The average Bonchev–Trinajstić information content (AvgIpc) is 2.57. The second-order valence-corrected chi connectivity index (χ2v) is 6.10. The molecule has 0 aliphatic rings. The highest BCUT2D eigenvalue weighted by atomic mass is 19.2. The lowest BCUT2D eigenvalue weighted by Gasteiger charge is -2.14. The maximum absolute atomic E-state index is 13.2. The van der Waals surface area contributed by atoms with Crippen LogP contribution in [-0.4, -0.2) is 18.5 Å². The third-order valence-corrected chi connectivity index (χ3v) is 3.90. The molecule has 7 heteroatoms. The molecule has 26 heavy (non-hydrogen) atoms. The van der Waals surface area contributed by atoms with Gasteiger partial charge in [-0.3, -0.25) is 10.1 Å². The van der Waals surface area contributed by atoms with Crippen molar-refractivity contribution in [1.82, 2.24) is 10.6 Å². The molecule has 0 aliphatic heterocycles. The highest BCUT2D eigenvalue weighted by molar-refractivity contribution is 6.02. The van der Waals surface area contributed by atoms with E-state index in [0.29, 0.717) is 11.3 Å². The first-order valence-corrected chi connectivity index (χ1v) is 8.12. The predicted molar refractivity (Wildman–Crippen MR) is 95.9 cm³/mol. The summed E-state index contributed by atoms with van der Waals surface area (Å²) >= 11 is 0. The molecule has 0 heterocycles. The Labute approximate surface area is 150 Å². The van der Waals surface area contributed by atoms with Gasteiger partial charge < -0.3 is 10.6 Å². The molecule has 2 aromatic carbocycles. The van der Waals surface area contributed by atoms with Gasteiger partial charge in [0.25, 0.3) is 0 Å². The lowest BCUT2D eigenvalue weighted by atomic mass is 10.1. The first kappa shape index (κ1) is 19.5. The van der Waals surface area contributed by atoms with Crippen molar-refractivity contribution in [2.75, 3.05) is 11.9 Å². The number of rotatable bonds is 5. The molecule has 1 atom stereocenters. The largest absolute Gasteiger partial charge is 0.325 e. The van der Waals surface area contributed by atoms with Crippen molar-refractivity contribution in [2.24, 2.45) is 0 Å². The summed E-state index contributed by atoms with van der Waals surface area (Å²) in [6.45, 7) is 5.35. The normalized spacial score (nSPS) is 11.7. The van der Waals surface area contributed by atoms with Crippen LogP contribution in [0.25, 0.3) is 0 Å². The number of hydrogen-bond donors (Lipinski definition) is 3. The van der Waals surface area contributed by atoms with Crippen molar-refractivity contribution < 1.29 is 18.4 Å². The first-order valence-electron chi connectivity index (χ1n) is 8.12. The standard InChI is InChI=1S/C19H21F2N3O2/c1-11-4-7-17(12(2)8-11)23-19(26)24-18(25)10-22-13(3)14-5-6-15(20)16(21)9-14/h4-9,13,22H,10H2,1-3H3,(H2,23,24,25,26)/t13-/m0/s1. The first-order chi connectivity index (χ1) is 12.3. The van der Waals surface area contributed by atoms with Crippen LogP contribution in [0.5, 0.6) is 0 Å². The van der Waals surface area contributed by atoms with Crippen molar-refractivity contribution in [3.8, 4) is 0 Å². The molecule has 0 bridgehead atoms. The average molecular weight is 361 g/mol. The molecule has 3 amide bonds. The van der Waals surface area contributed by atoms with Crippen LogP contribution < -0.4 is 16.0 Å². The molecule has 0 saturated carbocycles. The fourth-order valence-electron chi connectivity index (χ4n) is 2.42. The maximum atomic E-state index is 13.2. The number of carbonyl (C=O) groups is 2. The Balaban J connectivity index is 1.84. The van der Waals surface area contributed by atoms with E-state index in [9.17, 15) is 18.4 Å². The molecule has 3 N–H and O–H groups in total. The minimum Gasteiger partial charge on any atom is -0.307 e. The summed E-state index contributed by atoms with van der Waals surface area (Å²) in [4.78, 5) is 23.8. The van der Waals surface area contributed by atoms with E-state index < -0.39 is 29.6 Å². The summed E-state index contributed by atoms with van der Waals surface area (Å²) in [6.07, 6.45) is 0. The Morgan fingerprint density at radius 3 is 2.42 bits per heavy atom. The van der Waals surface area contributed by atoms with E-state index in [0.717, 1.165) is 23.3 Å². The molecule has 5 nitrogen and oxygen atoms in total. The predicted octanol–water partition coefficient (Wildman–Crippen LogP) is 3.58. The van der Waals surface area contributed by atoms with Crippen LogP contribution in [0.1, 0.15) is 29.7 Å². The Kier molecular flexibility index (Phi) is 6.41. The molecule has 2 aromatic rings. The highest BCUT2D eigenvalue weighted by Gasteiger charge is 2.13. The third-order valence-electron chi connectivity index (χ3n) is 3.90. The number of carbonyl (C=O) groups excluding carboxylic acids is 2. The molecule has 138 valence electrons. The molecule has 2 rings (SSSR count). The molecule has 0 spiro atoms. The van der Waals surface area contributed by atoms with Crippen LogP contribution in [0.4, 0.5) is 19.3 Å². The molecule has 0 unspecified atom stereocenters. The Bertz CT molecular complexity index is 824. The molecule has 0 radical (unpaired) electrons. The number of benzene rings is 2. The number of amides is 3. The van der Waals surface area contributed by atoms with Gasteiger partial charge >= 0.3 is 6.03 Å². The molecular weight excluding hydrogens is 340 g/mol. The van der Waals surface area contributed by atoms with Gasteiger partial charge in [0, 0.05) is 11.7 Å². The van der Waals surface area contributed by atoms with E-state index in [-0.39, 0.29) is 6.54 Å². The Morgan fingerprint density at radius 1 is 1.04 bits per heavy atom. The fourth-order valence-corrected chi connectivity index (χ4v) is 2.42. The lowest BCUT2D eigenvalue weighted by molar-refractivity contribution is -0.119.